The summed E-state index contributed by atoms with van der Waals surface area (Å²) < 4.78 is 11.4. The Kier molecular flexibility index (Phi) is 7.21. The van der Waals surface area contributed by atoms with Crippen LogP contribution >= 0.6 is 0 Å². The van der Waals surface area contributed by atoms with Gasteiger partial charge >= 0.3 is 6.03 Å². The number of amides is 2. The zero-order valence-corrected chi connectivity index (χ0v) is 21.9. The van der Waals surface area contributed by atoms with Crippen molar-refractivity contribution in [3.05, 3.63) is 59.9 Å². The largest absolute Gasteiger partial charge is 0.381 e. The number of nitrogens with one attached hydrogen (secondary N) is 2. The zero-order chi connectivity index (χ0) is 26.8. The number of fused-ring (bicyclic) bond motifs is 2. The molecule has 3 fully saturated rings. The van der Waals surface area contributed by atoms with E-state index in [2.05, 4.69) is 15.5 Å². The van der Waals surface area contributed by atoms with Crippen LogP contribution in [0.1, 0.15) is 54.7 Å². The Balaban J connectivity index is 1.21. The minimum atomic E-state index is -0.370. The van der Waals surface area contributed by atoms with Crippen LogP contribution in [0.15, 0.2) is 48.5 Å². The number of aromatic nitrogens is 3. The first-order chi connectivity index (χ1) is 19.0. The summed E-state index contributed by atoms with van der Waals surface area (Å²) in [6.07, 6.45) is 3.96. The van der Waals surface area contributed by atoms with Gasteiger partial charge in [0.05, 0.1) is 25.3 Å². The quantitative estimate of drug-likeness (QED) is 0.444. The molecule has 3 saturated heterocycles. The summed E-state index contributed by atoms with van der Waals surface area (Å²) in [5, 5.41) is 5.63. The number of Topliss-reactive ketones (excluding diaryl/α,β-unsaturated/α-hetero) is 1. The molecule has 0 radical (unpaired) electrons. The molecule has 2 N–H and O–H groups in total. The van der Waals surface area contributed by atoms with Gasteiger partial charge in [0.15, 0.2) is 11.6 Å². The molecule has 202 valence electrons. The van der Waals surface area contributed by atoms with E-state index in [4.69, 9.17) is 24.4 Å². The highest BCUT2D eigenvalue weighted by atomic mass is 16.5. The molecule has 3 aromatic rings. The number of nitrogens with zero attached hydrogens (tertiary/aromatic N) is 4. The maximum atomic E-state index is 12.5. The van der Waals surface area contributed by atoms with Crippen LogP contribution in [-0.4, -0.2) is 65.3 Å². The number of ether oxygens (including phenoxy) is 2. The van der Waals surface area contributed by atoms with Gasteiger partial charge in [0.2, 0.25) is 5.95 Å². The fraction of sp³-hybridized carbons (Fsp3) is 0.414. The number of hydrogen-bond acceptors (Lipinski definition) is 8. The van der Waals surface area contributed by atoms with E-state index in [1.54, 1.807) is 24.3 Å². The van der Waals surface area contributed by atoms with Crippen LogP contribution in [0.3, 0.4) is 0 Å². The molecule has 10 nitrogen and oxygen atoms in total. The molecule has 1 aromatic heterocycles. The topological polar surface area (TPSA) is 119 Å². The number of ketones is 1. The van der Waals surface area contributed by atoms with E-state index in [1.165, 1.54) is 6.92 Å². The monoisotopic (exact) mass is 528 g/mol. The van der Waals surface area contributed by atoms with Gasteiger partial charge in [-0.15, -0.1) is 0 Å². The lowest BCUT2D eigenvalue weighted by atomic mass is 9.99. The third kappa shape index (κ3) is 5.62. The van der Waals surface area contributed by atoms with E-state index in [9.17, 15) is 9.59 Å². The fourth-order valence-corrected chi connectivity index (χ4v) is 5.50. The van der Waals surface area contributed by atoms with E-state index in [-0.39, 0.29) is 17.7 Å². The smallest absolute Gasteiger partial charge is 0.323 e. The number of carbonyl (C=O) groups is 2. The molecule has 4 heterocycles. The highest BCUT2D eigenvalue weighted by molar-refractivity contribution is 6.00. The second-order valence-corrected chi connectivity index (χ2v) is 10.3. The molecule has 39 heavy (non-hydrogen) atoms. The molecule has 2 unspecified atom stereocenters. The third-order valence-corrected chi connectivity index (χ3v) is 7.65. The van der Waals surface area contributed by atoms with Gasteiger partial charge in [0.25, 0.3) is 0 Å². The molecule has 3 aliphatic rings. The lowest BCUT2D eigenvalue weighted by Gasteiger charge is -2.35. The number of morpholine rings is 1. The van der Waals surface area contributed by atoms with Crippen LogP contribution in [0, 0.1) is 0 Å². The van der Waals surface area contributed by atoms with Crippen molar-refractivity contribution in [1.29, 1.82) is 0 Å². The van der Waals surface area contributed by atoms with E-state index in [0.717, 1.165) is 43.0 Å². The minimum Gasteiger partial charge on any atom is -0.381 e. The van der Waals surface area contributed by atoms with Gasteiger partial charge in [-0.1, -0.05) is 0 Å². The van der Waals surface area contributed by atoms with Gasteiger partial charge in [-0.05, 0) is 81.1 Å². The second kappa shape index (κ2) is 11.1. The Morgan fingerprint density at radius 3 is 2.03 bits per heavy atom. The summed E-state index contributed by atoms with van der Waals surface area (Å²) in [6, 6.07) is 14.5. The van der Waals surface area contributed by atoms with Gasteiger partial charge in [-0.2, -0.15) is 9.97 Å². The normalized spacial score (nSPS) is 21.0. The molecule has 2 aromatic carbocycles. The van der Waals surface area contributed by atoms with E-state index in [1.807, 2.05) is 24.3 Å². The summed E-state index contributed by atoms with van der Waals surface area (Å²) >= 11 is 0. The molecule has 0 spiro atoms. The maximum absolute atomic E-state index is 12.5. The Bertz CT molecular complexity index is 1320. The average molecular weight is 529 g/mol. The highest BCUT2D eigenvalue weighted by Gasteiger charge is 2.39. The third-order valence-electron chi connectivity index (χ3n) is 7.65. The first kappa shape index (κ1) is 25.4. The predicted octanol–water partition coefficient (Wildman–Crippen LogP) is 4.65. The van der Waals surface area contributed by atoms with Gasteiger partial charge in [0, 0.05) is 41.6 Å². The van der Waals surface area contributed by atoms with Crippen LogP contribution in [0.5, 0.6) is 0 Å². The lowest BCUT2D eigenvalue weighted by molar-refractivity contribution is 0.0831. The number of carbonyl (C=O) groups excluding carboxylic acids is 2. The van der Waals surface area contributed by atoms with Crippen molar-refractivity contribution in [2.45, 2.75) is 50.6 Å². The summed E-state index contributed by atoms with van der Waals surface area (Å²) in [5.41, 5.74) is 2.70. The molecule has 6 rings (SSSR count). The molecule has 2 bridgehead atoms. The number of urea groups is 1. The fourth-order valence-electron chi connectivity index (χ4n) is 5.50. The number of hydrogen-bond donors (Lipinski definition) is 2. The van der Waals surface area contributed by atoms with Crippen LogP contribution in [0.25, 0.3) is 11.4 Å². The van der Waals surface area contributed by atoms with Crippen molar-refractivity contribution in [2.24, 2.45) is 0 Å². The molecule has 0 saturated carbocycles. The van der Waals surface area contributed by atoms with Crippen molar-refractivity contribution in [1.82, 2.24) is 15.0 Å². The Morgan fingerprint density at radius 2 is 1.41 bits per heavy atom. The maximum Gasteiger partial charge on any atom is 0.323 e. The number of rotatable bonds is 6. The average Bonchev–Trinajstić information content (AvgIpc) is 3.22. The number of anilines is 3. The van der Waals surface area contributed by atoms with E-state index in [0.29, 0.717) is 61.3 Å². The molecule has 2 atom stereocenters. The molecule has 10 heteroatoms. The molecule has 2 amide bonds. The molecular formula is C29H32N6O4. The van der Waals surface area contributed by atoms with Gasteiger partial charge in [-0.25, -0.2) is 9.78 Å². The second-order valence-electron chi connectivity index (χ2n) is 10.3. The molecule has 3 aliphatic heterocycles. The van der Waals surface area contributed by atoms with Crippen molar-refractivity contribution >= 4 is 29.1 Å². The lowest BCUT2D eigenvalue weighted by Crippen LogP contribution is -2.47. The Morgan fingerprint density at radius 1 is 0.795 bits per heavy atom. The summed E-state index contributed by atoms with van der Waals surface area (Å²) in [4.78, 5) is 41.1. The van der Waals surface area contributed by atoms with Crippen LogP contribution in [-0.2, 0) is 9.47 Å². The van der Waals surface area contributed by atoms with Crippen molar-refractivity contribution in [2.75, 3.05) is 42.0 Å². The first-order valence-electron chi connectivity index (χ1n) is 13.5. The SMILES string of the molecule is CC(=O)c1ccc(NC(=O)Nc2ccc(-c3nc(C4CCOCC4)nc(N4C5CCC4COC5)n3)cc2)cc1. The van der Waals surface area contributed by atoms with Crippen molar-refractivity contribution in [3.8, 4) is 11.4 Å². The van der Waals surface area contributed by atoms with E-state index >= 15 is 0 Å². The first-order valence-corrected chi connectivity index (χ1v) is 13.5. The zero-order valence-electron chi connectivity index (χ0n) is 21.9. The van der Waals surface area contributed by atoms with Crippen LogP contribution < -0.4 is 15.5 Å². The summed E-state index contributed by atoms with van der Waals surface area (Å²) in [6.45, 7) is 4.34. The standard InChI is InChI=1S/C29H32N6O4/c1-18(36)19-2-6-22(7-3-19)30-29(37)31-23-8-4-20(5-9-23)26-32-27(21-12-14-38-15-13-21)34-28(33-26)35-24-10-11-25(35)17-39-16-24/h2-9,21,24-25H,10-17H2,1H3,(H2,30,31,37). The highest BCUT2D eigenvalue weighted by Crippen LogP contribution is 2.34. The van der Waals surface area contributed by atoms with Crippen LogP contribution in [0.2, 0.25) is 0 Å². The minimum absolute atomic E-state index is 0.0198. The Labute approximate surface area is 227 Å². The van der Waals surface area contributed by atoms with Gasteiger partial charge in [0.1, 0.15) is 5.82 Å². The summed E-state index contributed by atoms with van der Waals surface area (Å²) in [7, 11) is 0. The molecule has 0 aliphatic carbocycles. The van der Waals surface area contributed by atoms with Crippen molar-refractivity contribution < 1.29 is 19.1 Å². The van der Waals surface area contributed by atoms with Crippen molar-refractivity contribution in [3.63, 3.8) is 0 Å². The van der Waals surface area contributed by atoms with Gasteiger partial charge in [-0.3, -0.25) is 4.79 Å². The summed E-state index contributed by atoms with van der Waals surface area (Å²) in [5.74, 6) is 2.41. The van der Waals surface area contributed by atoms with Crippen LogP contribution in [0.4, 0.5) is 22.1 Å². The number of benzene rings is 2. The molecular weight excluding hydrogens is 496 g/mol. The Hall–Kier alpha value is -3.89. The van der Waals surface area contributed by atoms with E-state index < -0.39 is 0 Å². The van der Waals surface area contributed by atoms with Gasteiger partial charge < -0.3 is 25.0 Å². The predicted molar refractivity (Wildman–Crippen MR) is 147 cm³/mol.